The molecule has 0 saturated carbocycles. The van der Waals surface area contributed by atoms with E-state index in [9.17, 15) is 4.79 Å². The van der Waals surface area contributed by atoms with Crippen molar-refractivity contribution in [2.24, 2.45) is 16.8 Å². The van der Waals surface area contributed by atoms with Crippen molar-refractivity contribution < 1.29 is 9.53 Å². The third-order valence-electron chi connectivity index (χ3n) is 4.67. The van der Waals surface area contributed by atoms with Gasteiger partial charge < -0.3 is 4.74 Å². The van der Waals surface area contributed by atoms with Gasteiger partial charge >= 0.3 is 0 Å². The van der Waals surface area contributed by atoms with Crippen molar-refractivity contribution in [2.75, 3.05) is 6.61 Å². The van der Waals surface area contributed by atoms with Crippen LogP contribution in [0.2, 0.25) is 0 Å². The number of carbonyl (C=O) groups is 1. The highest BCUT2D eigenvalue weighted by molar-refractivity contribution is 7.98. The minimum absolute atomic E-state index is 0.0418. The van der Waals surface area contributed by atoms with Crippen LogP contribution in [0.25, 0.3) is 0 Å². The van der Waals surface area contributed by atoms with E-state index in [1.807, 2.05) is 45.0 Å². The van der Waals surface area contributed by atoms with Gasteiger partial charge in [0.2, 0.25) is 0 Å². The maximum absolute atomic E-state index is 10.7. The maximum Gasteiger partial charge on any atom is 0.155 e. The molecule has 0 aliphatic carbocycles. The molecule has 2 aromatic rings. The number of carbonyl (C=O) groups excluding carboxylic acids is 1. The molecule has 0 aromatic heterocycles. The SMILES string of the molecule is C=Nc1ccccc1SCc1ccccc1.CC.CC[C@H](CO/C(C)=C\C(C)=O)C(C)C. The van der Waals surface area contributed by atoms with E-state index in [1.165, 1.54) is 23.5 Å². The number of ether oxygens (including phenoxy) is 1. The molecular formula is C28H41NO2S. The average molecular weight is 456 g/mol. The second-order valence-corrected chi connectivity index (χ2v) is 8.51. The number of nitrogens with zero attached hydrogens (tertiary/aromatic N) is 1. The Morgan fingerprint density at radius 2 is 1.66 bits per heavy atom. The van der Waals surface area contributed by atoms with Crippen molar-refractivity contribution in [3.63, 3.8) is 0 Å². The number of hydrogen-bond acceptors (Lipinski definition) is 4. The van der Waals surface area contributed by atoms with Crippen molar-refractivity contribution in [1.29, 1.82) is 0 Å². The lowest BCUT2D eigenvalue weighted by molar-refractivity contribution is -0.112. The van der Waals surface area contributed by atoms with Crippen LogP contribution in [0.4, 0.5) is 5.69 Å². The molecule has 32 heavy (non-hydrogen) atoms. The summed E-state index contributed by atoms with van der Waals surface area (Å²) in [6, 6.07) is 18.5. The van der Waals surface area contributed by atoms with E-state index >= 15 is 0 Å². The predicted octanol–water partition coefficient (Wildman–Crippen LogP) is 8.52. The molecule has 2 rings (SSSR count). The number of hydrogen-bond donors (Lipinski definition) is 0. The van der Waals surface area contributed by atoms with Crippen LogP contribution in [0.5, 0.6) is 0 Å². The topological polar surface area (TPSA) is 38.7 Å². The molecule has 176 valence electrons. The van der Waals surface area contributed by atoms with E-state index in [0.29, 0.717) is 18.4 Å². The summed E-state index contributed by atoms with van der Waals surface area (Å²) in [6.07, 6.45) is 2.65. The van der Waals surface area contributed by atoms with Gasteiger partial charge in [-0.25, -0.2) is 0 Å². The van der Waals surface area contributed by atoms with Gasteiger partial charge in [0.1, 0.15) is 0 Å². The largest absolute Gasteiger partial charge is 0.498 e. The van der Waals surface area contributed by atoms with Gasteiger partial charge in [0.05, 0.1) is 18.1 Å². The number of allylic oxidation sites excluding steroid dienone is 2. The molecule has 0 bridgehead atoms. The van der Waals surface area contributed by atoms with Crippen LogP contribution in [0.3, 0.4) is 0 Å². The zero-order valence-electron chi connectivity index (χ0n) is 20.9. The molecule has 1 atom stereocenters. The summed E-state index contributed by atoms with van der Waals surface area (Å²) in [5, 5.41) is 0. The van der Waals surface area contributed by atoms with Gasteiger partial charge in [-0.1, -0.05) is 77.1 Å². The number of thioether (sulfide) groups is 1. The first-order valence-electron chi connectivity index (χ1n) is 11.4. The Labute approximate surface area is 200 Å². The molecular weight excluding hydrogens is 414 g/mol. The van der Waals surface area contributed by atoms with Crippen LogP contribution in [0, 0.1) is 11.8 Å². The fourth-order valence-electron chi connectivity index (χ4n) is 2.79. The van der Waals surface area contributed by atoms with Crippen molar-refractivity contribution >= 4 is 30.0 Å². The molecule has 0 aliphatic rings. The second-order valence-electron chi connectivity index (χ2n) is 7.49. The van der Waals surface area contributed by atoms with Crippen molar-refractivity contribution in [2.45, 2.75) is 65.5 Å². The minimum Gasteiger partial charge on any atom is -0.498 e. The van der Waals surface area contributed by atoms with E-state index < -0.39 is 0 Å². The van der Waals surface area contributed by atoms with Crippen LogP contribution in [0.1, 0.15) is 60.5 Å². The van der Waals surface area contributed by atoms with E-state index in [-0.39, 0.29) is 5.78 Å². The molecule has 0 aliphatic heterocycles. The first-order valence-corrected chi connectivity index (χ1v) is 12.4. The summed E-state index contributed by atoms with van der Waals surface area (Å²) in [5.41, 5.74) is 2.29. The zero-order chi connectivity index (χ0) is 24.4. The Kier molecular flexibility index (Phi) is 16.9. The van der Waals surface area contributed by atoms with E-state index in [0.717, 1.165) is 23.6 Å². The van der Waals surface area contributed by atoms with Crippen molar-refractivity contribution in [3.8, 4) is 0 Å². The quantitative estimate of drug-likeness (QED) is 0.156. The maximum atomic E-state index is 10.7. The summed E-state index contributed by atoms with van der Waals surface area (Å²) in [5.74, 6) is 2.93. The highest BCUT2D eigenvalue weighted by Gasteiger charge is 2.11. The van der Waals surface area contributed by atoms with E-state index in [2.05, 4.69) is 62.8 Å². The summed E-state index contributed by atoms with van der Waals surface area (Å²) >= 11 is 1.79. The summed E-state index contributed by atoms with van der Waals surface area (Å²) in [7, 11) is 0. The monoisotopic (exact) mass is 455 g/mol. The van der Waals surface area contributed by atoms with Crippen LogP contribution in [-0.2, 0) is 15.3 Å². The first kappa shape index (κ1) is 29.7. The summed E-state index contributed by atoms with van der Waals surface area (Å²) < 4.78 is 5.51. The lowest BCUT2D eigenvalue weighted by Crippen LogP contribution is -2.14. The first-order chi connectivity index (χ1) is 15.4. The third-order valence-corrected chi connectivity index (χ3v) is 5.81. The van der Waals surface area contributed by atoms with Gasteiger partial charge in [-0.05, 0) is 56.5 Å². The number of para-hydroxylation sites is 1. The van der Waals surface area contributed by atoms with Gasteiger partial charge in [-0.15, -0.1) is 11.8 Å². The van der Waals surface area contributed by atoms with Crippen molar-refractivity contribution in [1.82, 2.24) is 0 Å². The Balaban J connectivity index is 0.000000564. The molecule has 0 amide bonds. The van der Waals surface area contributed by atoms with Crippen molar-refractivity contribution in [3.05, 3.63) is 72.0 Å². The molecule has 0 saturated heterocycles. The highest BCUT2D eigenvalue weighted by atomic mass is 32.2. The Bertz CT molecular complexity index is 800. The molecule has 0 fully saturated rings. The van der Waals surface area contributed by atoms with Gasteiger partial charge in [0.15, 0.2) is 5.78 Å². The second kappa shape index (κ2) is 18.3. The number of aliphatic imine (C=N–C) groups is 1. The molecule has 0 N–H and O–H groups in total. The third kappa shape index (κ3) is 13.2. The molecule has 0 heterocycles. The van der Waals surface area contributed by atoms with Crippen LogP contribution < -0.4 is 0 Å². The van der Waals surface area contributed by atoms with E-state index in [1.54, 1.807) is 11.8 Å². The molecule has 3 nitrogen and oxygen atoms in total. The molecule has 4 heteroatoms. The number of benzene rings is 2. The Morgan fingerprint density at radius 3 is 2.19 bits per heavy atom. The summed E-state index contributed by atoms with van der Waals surface area (Å²) in [6.45, 7) is 18.2. The van der Waals surface area contributed by atoms with Gasteiger partial charge in [-0.2, -0.15) is 0 Å². The molecule has 0 spiro atoms. The normalized spacial score (nSPS) is 11.4. The lowest BCUT2D eigenvalue weighted by Gasteiger charge is -2.19. The van der Waals surface area contributed by atoms with Gasteiger partial charge in [0, 0.05) is 16.7 Å². The Morgan fingerprint density at radius 1 is 1.06 bits per heavy atom. The zero-order valence-corrected chi connectivity index (χ0v) is 21.7. The fraction of sp³-hybridized carbons (Fsp3) is 0.429. The molecule has 0 radical (unpaired) electrons. The molecule has 0 unspecified atom stereocenters. The van der Waals surface area contributed by atoms with Crippen LogP contribution >= 0.6 is 11.8 Å². The number of rotatable bonds is 10. The standard InChI is InChI=1S/C14H13NS.C12H22O2.C2H6/c1-15-13-9-5-6-10-14(13)16-11-12-7-3-2-4-8-12;1-6-12(9(2)3)8-14-11(5)7-10(4)13;1-2/h2-10H,1,11H2;7,9,12H,6,8H2,1-5H3;1-2H3/b;11-7-;/t;12-;/m.1./s1. The van der Waals surface area contributed by atoms with Crippen LogP contribution in [-0.4, -0.2) is 19.1 Å². The van der Waals surface area contributed by atoms with Gasteiger partial charge in [0.25, 0.3) is 0 Å². The predicted molar refractivity (Wildman–Crippen MR) is 142 cm³/mol. The van der Waals surface area contributed by atoms with E-state index in [4.69, 9.17) is 4.74 Å². The van der Waals surface area contributed by atoms with Crippen LogP contribution in [0.15, 0.2) is 76.3 Å². The lowest BCUT2D eigenvalue weighted by atomic mass is 9.94. The highest BCUT2D eigenvalue weighted by Crippen LogP contribution is 2.31. The minimum atomic E-state index is 0.0418. The number of ketones is 1. The van der Waals surface area contributed by atoms with Gasteiger partial charge in [-0.3, -0.25) is 9.79 Å². The summed E-state index contributed by atoms with van der Waals surface area (Å²) in [4.78, 5) is 15.9. The smallest absolute Gasteiger partial charge is 0.155 e. The fourth-order valence-corrected chi connectivity index (χ4v) is 3.76. The molecule has 2 aromatic carbocycles. The Hall–Kier alpha value is -2.33. The average Bonchev–Trinajstić information content (AvgIpc) is 2.80.